The molecule has 29 heavy (non-hydrogen) atoms. The quantitative estimate of drug-likeness (QED) is 0.305. The van der Waals surface area contributed by atoms with Gasteiger partial charge in [-0.2, -0.15) is 0 Å². The summed E-state index contributed by atoms with van der Waals surface area (Å²) in [5.74, 6) is 0.873. The summed E-state index contributed by atoms with van der Waals surface area (Å²) in [5, 5.41) is 0.210. The summed E-state index contributed by atoms with van der Waals surface area (Å²) in [7, 11) is -0.126. The molecule has 0 amide bonds. The van der Waals surface area contributed by atoms with Gasteiger partial charge in [-0.1, -0.05) is 63.2 Å². The van der Waals surface area contributed by atoms with Crippen LogP contribution in [0.4, 0.5) is 0 Å². The van der Waals surface area contributed by atoms with Crippen molar-refractivity contribution in [1.82, 2.24) is 0 Å². The van der Waals surface area contributed by atoms with Crippen molar-refractivity contribution in [3.63, 3.8) is 0 Å². The average Bonchev–Trinajstić information content (AvgIpc) is 2.69. The van der Waals surface area contributed by atoms with Gasteiger partial charge in [-0.25, -0.2) is 0 Å². The highest BCUT2D eigenvalue weighted by Crippen LogP contribution is 2.38. The molecule has 0 aliphatic heterocycles. The van der Waals surface area contributed by atoms with Gasteiger partial charge in [0.1, 0.15) is 5.75 Å². The van der Waals surface area contributed by atoms with Crippen LogP contribution in [-0.4, -0.2) is 28.1 Å². The van der Waals surface area contributed by atoms with Crippen molar-refractivity contribution in [2.75, 3.05) is 13.7 Å². The summed E-state index contributed by atoms with van der Waals surface area (Å²) in [5.41, 5.74) is 2.53. The summed E-state index contributed by atoms with van der Waals surface area (Å²) in [6.07, 6.45) is 3.23. The van der Waals surface area contributed by atoms with Crippen molar-refractivity contribution < 1.29 is 13.9 Å². The number of benzene rings is 2. The van der Waals surface area contributed by atoms with E-state index in [0.717, 1.165) is 30.6 Å². The molecule has 160 valence electrons. The van der Waals surface area contributed by atoms with Crippen molar-refractivity contribution in [2.24, 2.45) is 0 Å². The molecule has 0 aromatic heterocycles. The van der Waals surface area contributed by atoms with Crippen LogP contribution in [0.15, 0.2) is 54.6 Å². The van der Waals surface area contributed by atoms with Crippen LogP contribution >= 0.6 is 0 Å². The molecule has 0 bridgehead atoms. The molecule has 0 spiro atoms. The van der Waals surface area contributed by atoms with E-state index in [4.69, 9.17) is 13.9 Å². The van der Waals surface area contributed by atoms with E-state index in [9.17, 15) is 0 Å². The summed E-state index contributed by atoms with van der Waals surface area (Å²) in [6.45, 7) is 12.9. The highest BCUT2D eigenvalue weighted by atomic mass is 28.4. The SMILES string of the molecule is COc1ccc(COCCC(CCc2ccccc2)O[Si](C)(C)C(C)(C)C)cc1. The molecule has 3 nitrogen and oxygen atoms in total. The van der Waals surface area contributed by atoms with Gasteiger partial charge in [0.2, 0.25) is 0 Å². The zero-order valence-corrected chi connectivity index (χ0v) is 20.0. The number of methoxy groups -OCH3 is 1. The van der Waals surface area contributed by atoms with Crippen molar-refractivity contribution in [1.29, 1.82) is 0 Å². The normalized spacial score (nSPS) is 13.3. The second-order valence-electron chi connectivity index (χ2n) is 9.21. The summed E-state index contributed by atoms with van der Waals surface area (Å²) < 4.78 is 17.9. The van der Waals surface area contributed by atoms with Crippen LogP contribution in [0.1, 0.15) is 44.7 Å². The van der Waals surface area contributed by atoms with Crippen LogP contribution in [0.25, 0.3) is 0 Å². The van der Waals surface area contributed by atoms with Gasteiger partial charge < -0.3 is 13.9 Å². The molecule has 0 N–H and O–H groups in total. The third kappa shape index (κ3) is 7.96. The minimum absolute atomic E-state index is 0.210. The smallest absolute Gasteiger partial charge is 0.192 e. The summed E-state index contributed by atoms with van der Waals surface area (Å²) >= 11 is 0. The Labute approximate surface area is 178 Å². The van der Waals surface area contributed by atoms with E-state index in [1.54, 1.807) is 7.11 Å². The van der Waals surface area contributed by atoms with Crippen molar-refractivity contribution in [2.45, 2.75) is 70.9 Å². The van der Waals surface area contributed by atoms with Gasteiger partial charge >= 0.3 is 0 Å². The van der Waals surface area contributed by atoms with Crippen LogP contribution in [0, 0.1) is 0 Å². The van der Waals surface area contributed by atoms with Gasteiger partial charge in [-0.15, -0.1) is 0 Å². The third-order valence-corrected chi connectivity index (χ3v) is 10.4. The molecule has 0 heterocycles. The van der Waals surface area contributed by atoms with E-state index in [2.05, 4.69) is 76.3 Å². The van der Waals surface area contributed by atoms with Gasteiger partial charge in [-0.05, 0) is 60.7 Å². The Hall–Kier alpha value is -1.62. The minimum Gasteiger partial charge on any atom is -0.497 e. The van der Waals surface area contributed by atoms with Crippen LogP contribution in [0.3, 0.4) is 0 Å². The van der Waals surface area contributed by atoms with Gasteiger partial charge in [-0.3, -0.25) is 0 Å². The standard InChI is InChI=1S/C25H38O3Si/c1-25(2,3)29(5,6)28-24(17-12-21-10-8-7-9-11-21)18-19-27-20-22-13-15-23(26-4)16-14-22/h7-11,13-16,24H,12,17-20H2,1-6H3. The highest BCUT2D eigenvalue weighted by Gasteiger charge is 2.38. The fourth-order valence-corrected chi connectivity index (χ4v) is 4.38. The van der Waals surface area contributed by atoms with E-state index >= 15 is 0 Å². The Morgan fingerprint density at radius 2 is 1.52 bits per heavy atom. The maximum absolute atomic E-state index is 6.75. The third-order valence-electron chi connectivity index (χ3n) is 5.88. The van der Waals surface area contributed by atoms with E-state index in [0.29, 0.717) is 13.2 Å². The first-order valence-electron chi connectivity index (χ1n) is 10.6. The first-order chi connectivity index (χ1) is 13.7. The molecule has 0 saturated carbocycles. The Bertz CT molecular complexity index is 705. The Morgan fingerprint density at radius 3 is 2.10 bits per heavy atom. The lowest BCUT2D eigenvalue weighted by Crippen LogP contribution is -2.44. The van der Waals surface area contributed by atoms with Crippen LogP contribution in [0.2, 0.25) is 18.1 Å². The fraction of sp³-hybridized carbons (Fsp3) is 0.520. The van der Waals surface area contributed by atoms with E-state index < -0.39 is 8.32 Å². The van der Waals surface area contributed by atoms with Crippen molar-refractivity contribution in [3.05, 3.63) is 65.7 Å². The largest absolute Gasteiger partial charge is 0.497 e. The second kappa shape index (κ2) is 11.0. The maximum Gasteiger partial charge on any atom is 0.192 e. The topological polar surface area (TPSA) is 27.7 Å². The Kier molecular flexibility index (Phi) is 8.94. The number of aryl methyl sites for hydroxylation is 1. The minimum atomic E-state index is -1.81. The Balaban J connectivity index is 1.89. The number of ether oxygens (including phenoxy) is 2. The van der Waals surface area contributed by atoms with E-state index in [-0.39, 0.29) is 11.1 Å². The molecule has 1 atom stereocenters. The van der Waals surface area contributed by atoms with Gasteiger partial charge in [0, 0.05) is 12.7 Å². The molecular weight excluding hydrogens is 376 g/mol. The molecule has 0 radical (unpaired) electrons. The van der Waals surface area contributed by atoms with Crippen LogP contribution in [0.5, 0.6) is 5.75 Å². The van der Waals surface area contributed by atoms with Crippen LogP contribution in [-0.2, 0) is 22.2 Å². The zero-order chi connectivity index (χ0) is 21.3. The van der Waals surface area contributed by atoms with Crippen molar-refractivity contribution in [3.8, 4) is 5.75 Å². The number of hydrogen-bond donors (Lipinski definition) is 0. The van der Waals surface area contributed by atoms with E-state index in [1.807, 2.05) is 12.1 Å². The van der Waals surface area contributed by atoms with E-state index in [1.165, 1.54) is 5.56 Å². The first-order valence-corrected chi connectivity index (χ1v) is 13.5. The molecule has 2 rings (SSSR count). The molecule has 0 aliphatic carbocycles. The van der Waals surface area contributed by atoms with Gasteiger partial charge in [0.25, 0.3) is 0 Å². The molecule has 0 fully saturated rings. The summed E-state index contributed by atoms with van der Waals surface area (Å²) in [6, 6.07) is 18.7. The lowest BCUT2D eigenvalue weighted by atomic mass is 10.1. The molecule has 0 aliphatic rings. The second-order valence-corrected chi connectivity index (χ2v) is 14.0. The molecule has 1 unspecified atom stereocenters. The highest BCUT2D eigenvalue weighted by molar-refractivity contribution is 6.74. The van der Waals surface area contributed by atoms with Gasteiger partial charge in [0.05, 0.1) is 13.7 Å². The monoisotopic (exact) mass is 414 g/mol. The number of hydrogen-bond acceptors (Lipinski definition) is 3. The fourth-order valence-electron chi connectivity index (χ4n) is 2.95. The van der Waals surface area contributed by atoms with Crippen molar-refractivity contribution >= 4 is 8.32 Å². The maximum atomic E-state index is 6.75. The Morgan fingerprint density at radius 1 is 0.862 bits per heavy atom. The predicted molar refractivity (Wildman–Crippen MR) is 124 cm³/mol. The van der Waals surface area contributed by atoms with Gasteiger partial charge in [0.15, 0.2) is 8.32 Å². The lowest BCUT2D eigenvalue weighted by molar-refractivity contribution is 0.0743. The molecule has 2 aromatic rings. The molecular formula is C25H38O3Si. The first kappa shape index (κ1) is 23.7. The van der Waals surface area contributed by atoms with Crippen LogP contribution < -0.4 is 4.74 Å². The molecule has 0 saturated heterocycles. The predicted octanol–water partition coefficient (Wildman–Crippen LogP) is 6.63. The molecule has 4 heteroatoms. The summed E-state index contributed by atoms with van der Waals surface area (Å²) in [4.78, 5) is 0. The molecule has 2 aromatic carbocycles. The zero-order valence-electron chi connectivity index (χ0n) is 19.0. The average molecular weight is 415 g/mol. The number of rotatable bonds is 11. The lowest BCUT2D eigenvalue weighted by Gasteiger charge is -2.39.